The maximum Gasteiger partial charge on any atom is 0.308 e. The number of terminal acetylenes is 1. The third kappa shape index (κ3) is 1.87. The number of hydrogen-bond donors (Lipinski definition) is 2. The molecule has 0 aliphatic heterocycles. The van der Waals surface area contributed by atoms with Gasteiger partial charge in [0.1, 0.15) is 0 Å². The van der Waals surface area contributed by atoms with Crippen molar-refractivity contribution < 1.29 is 9.90 Å². The Kier molecular flexibility index (Phi) is 2.97. The molecule has 2 fully saturated rings. The molecule has 0 spiro atoms. The van der Waals surface area contributed by atoms with E-state index in [0.717, 1.165) is 19.4 Å². The summed E-state index contributed by atoms with van der Waals surface area (Å²) in [4.78, 5) is 11.2. The number of carboxylic acids is 1. The molecule has 2 N–H and O–H groups in total. The van der Waals surface area contributed by atoms with E-state index in [9.17, 15) is 9.90 Å². The summed E-state index contributed by atoms with van der Waals surface area (Å²) >= 11 is 0. The molecule has 2 aliphatic carbocycles. The first-order chi connectivity index (χ1) is 7.24. The van der Waals surface area contributed by atoms with E-state index in [1.54, 1.807) is 0 Å². The van der Waals surface area contributed by atoms with Gasteiger partial charge in [0.25, 0.3) is 0 Å². The van der Waals surface area contributed by atoms with E-state index in [1.165, 1.54) is 6.42 Å². The molecule has 2 rings (SSSR count). The van der Waals surface area contributed by atoms with Crippen LogP contribution in [0.2, 0.25) is 0 Å². The number of rotatable bonds is 4. The molecule has 15 heavy (non-hydrogen) atoms. The van der Waals surface area contributed by atoms with E-state index in [4.69, 9.17) is 6.42 Å². The quantitative estimate of drug-likeness (QED) is 0.536. The molecule has 82 valence electrons. The summed E-state index contributed by atoms with van der Waals surface area (Å²) in [6.07, 6.45) is 9.22. The Morgan fingerprint density at radius 1 is 1.47 bits per heavy atom. The predicted octanol–water partition coefficient (Wildman–Crippen LogP) is 1.10. The van der Waals surface area contributed by atoms with Crippen molar-refractivity contribution in [3.8, 4) is 12.3 Å². The number of carboxylic acid groups (broad SMARTS) is 1. The highest BCUT2D eigenvalue weighted by atomic mass is 16.4. The first-order valence-electron chi connectivity index (χ1n) is 5.63. The van der Waals surface area contributed by atoms with Gasteiger partial charge < -0.3 is 10.4 Å². The Bertz CT molecular complexity index is 294. The normalized spacial score (nSPS) is 37.8. The van der Waals surface area contributed by atoms with E-state index < -0.39 is 5.97 Å². The van der Waals surface area contributed by atoms with Crippen molar-refractivity contribution in [2.24, 2.45) is 17.8 Å². The van der Waals surface area contributed by atoms with Crippen molar-refractivity contribution in [2.75, 3.05) is 6.54 Å². The van der Waals surface area contributed by atoms with Gasteiger partial charge in [0, 0.05) is 19.0 Å². The summed E-state index contributed by atoms with van der Waals surface area (Å²) in [5.74, 6) is 2.71. The Balaban J connectivity index is 1.96. The number of carbonyl (C=O) groups is 1. The molecule has 3 nitrogen and oxygen atoms in total. The SMILES string of the molecule is C#CCCNC1C2CCC(C2)C1C(=O)O. The average molecular weight is 207 g/mol. The van der Waals surface area contributed by atoms with Crippen LogP contribution in [-0.4, -0.2) is 23.7 Å². The highest BCUT2D eigenvalue weighted by Crippen LogP contribution is 2.48. The minimum absolute atomic E-state index is 0.162. The fraction of sp³-hybridized carbons (Fsp3) is 0.750. The molecule has 2 saturated carbocycles. The first kappa shape index (κ1) is 10.5. The van der Waals surface area contributed by atoms with Gasteiger partial charge in [0.2, 0.25) is 0 Å². The third-order valence-electron chi connectivity index (χ3n) is 3.85. The van der Waals surface area contributed by atoms with Gasteiger partial charge in [-0.1, -0.05) is 0 Å². The predicted molar refractivity (Wildman–Crippen MR) is 57.2 cm³/mol. The van der Waals surface area contributed by atoms with E-state index in [1.807, 2.05) is 0 Å². The number of fused-ring (bicyclic) bond motifs is 2. The average Bonchev–Trinajstić information content (AvgIpc) is 2.77. The third-order valence-corrected chi connectivity index (χ3v) is 3.85. The van der Waals surface area contributed by atoms with E-state index in [2.05, 4.69) is 11.2 Å². The zero-order valence-corrected chi connectivity index (χ0v) is 8.78. The van der Waals surface area contributed by atoms with Crippen LogP contribution in [0.3, 0.4) is 0 Å². The minimum Gasteiger partial charge on any atom is -0.481 e. The monoisotopic (exact) mass is 207 g/mol. The van der Waals surface area contributed by atoms with Crippen LogP contribution in [0.1, 0.15) is 25.7 Å². The van der Waals surface area contributed by atoms with E-state index in [0.29, 0.717) is 18.3 Å². The smallest absolute Gasteiger partial charge is 0.308 e. The van der Waals surface area contributed by atoms with Crippen LogP contribution in [0, 0.1) is 30.1 Å². The minimum atomic E-state index is -0.639. The lowest BCUT2D eigenvalue weighted by Crippen LogP contribution is -2.44. The molecule has 4 atom stereocenters. The van der Waals surface area contributed by atoms with Crippen LogP contribution in [0.25, 0.3) is 0 Å². The molecule has 2 aliphatic rings. The Labute approximate surface area is 90.2 Å². The van der Waals surface area contributed by atoms with Gasteiger partial charge in [-0.3, -0.25) is 4.79 Å². The Morgan fingerprint density at radius 3 is 2.87 bits per heavy atom. The maximum atomic E-state index is 11.2. The van der Waals surface area contributed by atoms with Crippen LogP contribution < -0.4 is 5.32 Å². The molecule has 0 aromatic rings. The Hall–Kier alpha value is -1.01. The summed E-state index contributed by atoms with van der Waals surface area (Å²) in [7, 11) is 0. The fourth-order valence-corrected chi connectivity index (χ4v) is 3.25. The molecule has 0 aromatic heterocycles. The molecule has 0 amide bonds. The number of nitrogens with one attached hydrogen (secondary N) is 1. The fourth-order valence-electron chi connectivity index (χ4n) is 3.25. The molecule has 3 heteroatoms. The van der Waals surface area contributed by atoms with Crippen molar-refractivity contribution in [3.63, 3.8) is 0 Å². The van der Waals surface area contributed by atoms with Gasteiger partial charge in [-0.2, -0.15) is 0 Å². The topological polar surface area (TPSA) is 49.3 Å². The summed E-state index contributed by atoms with van der Waals surface area (Å²) in [5, 5.41) is 12.5. The van der Waals surface area contributed by atoms with Crippen LogP contribution in [0.4, 0.5) is 0 Å². The molecular weight excluding hydrogens is 190 g/mol. The van der Waals surface area contributed by atoms with Crippen molar-refractivity contribution in [2.45, 2.75) is 31.7 Å². The van der Waals surface area contributed by atoms with Gasteiger partial charge in [0.05, 0.1) is 5.92 Å². The lowest BCUT2D eigenvalue weighted by atomic mass is 9.84. The van der Waals surface area contributed by atoms with Gasteiger partial charge in [-0.25, -0.2) is 0 Å². The summed E-state index contributed by atoms with van der Waals surface area (Å²) < 4.78 is 0. The van der Waals surface area contributed by atoms with Gasteiger partial charge >= 0.3 is 5.97 Å². The standard InChI is InChI=1S/C12H17NO2/c1-2-3-6-13-11-9-5-4-8(7-9)10(11)12(14)15/h1,8-11,13H,3-7H2,(H,14,15). The van der Waals surface area contributed by atoms with Crippen LogP contribution in [-0.2, 0) is 4.79 Å². The molecule has 0 heterocycles. The van der Waals surface area contributed by atoms with E-state index in [-0.39, 0.29) is 12.0 Å². The maximum absolute atomic E-state index is 11.2. The molecule has 0 aromatic carbocycles. The van der Waals surface area contributed by atoms with Crippen LogP contribution in [0.5, 0.6) is 0 Å². The zero-order chi connectivity index (χ0) is 10.8. The molecular formula is C12H17NO2. The van der Waals surface area contributed by atoms with Crippen LogP contribution >= 0.6 is 0 Å². The van der Waals surface area contributed by atoms with Gasteiger partial charge in [-0.15, -0.1) is 12.3 Å². The molecule has 0 saturated heterocycles. The van der Waals surface area contributed by atoms with Crippen LogP contribution in [0.15, 0.2) is 0 Å². The van der Waals surface area contributed by atoms with Gasteiger partial charge in [-0.05, 0) is 31.1 Å². The first-order valence-corrected chi connectivity index (χ1v) is 5.63. The molecule has 2 bridgehead atoms. The van der Waals surface area contributed by atoms with Crippen molar-refractivity contribution in [1.82, 2.24) is 5.32 Å². The van der Waals surface area contributed by atoms with Gasteiger partial charge in [0.15, 0.2) is 0 Å². The summed E-state index contributed by atoms with van der Waals surface area (Å²) in [6.45, 7) is 0.744. The summed E-state index contributed by atoms with van der Waals surface area (Å²) in [6, 6.07) is 0.162. The number of hydrogen-bond acceptors (Lipinski definition) is 2. The lowest BCUT2D eigenvalue weighted by molar-refractivity contribution is -0.144. The molecule has 4 unspecified atom stereocenters. The number of aliphatic carboxylic acids is 1. The zero-order valence-electron chi connectivity index (χ0n) is 8.78. The summed E-state index contributed by atoms with van der Waals surface area (Å²) in [5.41, 5.74) is 0. The van der Waals surface area contributed by atoms with E-state index >= 15 is 0 Å². The highest BCUT2D eigenvalue weighted by molar-refractivity contribution is 5.72. The second-order valence-electron chi connectivity index (χ2n) is 4.63. The molecule has 0 radical (unpaired) electrons. The van der Waals surface area contributed by atoms with Crippen molar-refractivity contribution >= 4 is 5.97 Å². The van der Waals surface area contributed by atoms with Crippen molar-refractivity contribution in [1.29, 1.82) is 0 Å². The Morgan fingerprint density at radius 2 is 2.20 bits per heavy atom. The largest absolute Gasteiger partial charge is 0.481 e. The second-order valence-corrected chi connectivity index (χ2v) is 4.63. The van der Waals surface area contributed by atoms with Crippen molar-refractivity contribution in [3.05, 3.63) is 0 Å². The second kappa shape index (κ2) is 4.24. The lowest BCUT2D eigenvalue weighted by Gasteiger charge is -2.28. The highest BCUT2D eigenvalue weighted by Gasteiger charge is 2.50.